The van der Waals surface area contributed by atoms with Gasteiger partial charge in [-0.15, -0.1) is 0 Å². The van der Waals surface area contributed by atoms with E-state index >= 15 is 0 Å². The highest BCUT2D eigenvalue weighted by atomic mass is 16.7. The molecule has 2 saturated heterocycles. The summed E-state index contributed by atoms with van der Waals surface area (Å²) in [4.78, 5) is 34.1. The molecule has 3 aromatic rings. The number of likely N-dealkylation sites (tertiary alicyclic amines) is 1. The van der Waals surface area contributed by atoms with Crippen LogP contribution in [0.2, 0.25) is 0 Å². The maximum Gasteiger partial charge on any atom is 0.481 e. The number of hydrogen-bond acceptors (Lipinski definition) is 7. The van der Waals surface area contributed by atoms with E-state index in [1.54, 1.807) is 0 Å². The van der Waals surface area contributed by atoms with Crippen molar-refractivity contribution in [2.45, 2.75) is 110 Å². The summed E-state index contributed by atoms with van der Waals surface area (Å²) in [6.07, 6.45) is 2.10. The molecule has 5 fully saturated rings. The topological polar surface area (TPSA) is 99.2 Å². The zero-order chi connectivity index (χ0) is 34.0. The number of nitrogens with zero attached hydrogens (tertiary/aromatic N) is 2. The predicted molar refractivity (Wildman–Crippen MR) is 185 cm³/mol. The second-order valence-corrected chi connectivity index (χ2v) is 15.9. The van der Waals surface area contributed by atoms with Crippen molar-refractivity contribution < 1.29 is 28.4 Å². The van der Waals surface area contributed by atoms with Crippen molar-refractivity contribution in [2.75, 3.05) is 6.54 Å². The smallest absolute Gasteiger partial charge is 0.481 e. The minimum absolute atomic E-state index is 0.0173. The van der Waals surface area contributed by atoms with E-state index in [9.17, 15) is 9.59 Å². The molecule has 5 aliphatic rings. The van der Waals surface area contributed by atoms with Crippen molar-refractivity contribution in [3.8, 4) is 17.0 Å². The first-order chi connectivity index (χ1) is 22.8. The van der Waals surface area contributed by atoms with Gasteiger partial charge in [-0.3, -0.25) is 9.69 Å². The van der Waals surface area contributed by atoms with Crippen LogP contribution in [0, 0.1) is 17.3 Å². The SMILES string of the molecule is CCC(NC(=O)C1CC(Oc2cc(-c3ccccc3)nc3ccccc23)CN1C(=O)OC(C)(C)C)B1OC2CC3CC(C3(C)C)C2(C)O1. The molecule has 254 valence electrons. The number of carbonyl (C=O) groups excluding carboxylic acids is 2. The van der Waals surface area contributed by atoms with Crippen LogP contribution in [0.1, 0.15) is 74.1 Å². The quantitative estimate of drug-likeness (QED) is 0.280. The lowest BCUT2D eigenvalue weighted by Gasteiger charge is -2.64. The first kappa shape index (κ1) is 32.9. The van der Waals surface area contributed by atoms with Crippen molar-refractivity contribution in [1.29, 1.82) is 0 Å². The summed E-state index contributed by atoms with van der Waals surface area (Å²) in [7, 11) is -0.549. The maximum absolute atomic E-state index is 14.1. The van der Waals surface area contributed by atoms with E-state index in [-0.39, 0.29) is 35.5 Å². The summed E-state index contributed by atoms with van der Waals surface area (Å²) >= 11 is 0. The summed E-state index contributed by atoms with van der Waals surface area (Å²) in [5.74, 6) is 1.09. The number of pyridine rings is 1. The van der Waals surface area contributed by atoms with Gasteiger partial charge >= 0.3 is 13.2 Å². The molecule has 1 N–H and O–H groups in total. The Morgan fingerprint density at radius 3 is 2.50 bits per heavy atom. The molecule has 7 unspecified atom stereocenters. The summed E-state index contributed by atoms with van der Waals surface area (Å²) < 4.78 is 25.7. The molecule has 1 aromatic heterocycles. The van der Waals surface area contributed by atoms with E-state index in [1.807, 2.05) is 88.4 Å². The Morgan fingerprint density at radius 2 is 1.79 bits per heavy atom. The second kappa shape index (κ2) is 12.1. The molecule has 0 radical (unpaired) electrons. The molecule has 9 nitrogen and oxygen atoms in total. The molecular weight excluding hydrogens is 605 g/mol. The lowest BCUT2D eigenvalue weighted by Crippen LogP contribution is -2.65. The van der Waals surface area contributed by atoms with Gasteiger partial charge in [0.25, 0.3) is 0 Å². The minimum Gasteiger partial charge on any atom is -0.488 e. The number of aromatic nitrogens is 1. The van der Waals surface area contributed by atoms with Crippen molar-refractivity contribution in [1.82, 2.24) is 15.2 Å². The monoisotopic (exact) mass is 653 g/mol. The average Bonchev–Trinajstić information content (AvgIpc) is 3.64. The summed E-state index contributed by atoms with van der Waals surface area (Å²) in [6.45, 7) is 14.6. The van der Waals surface area contributed by atoms with Crippen LogP contribution >= 0.6 is 0 Å². The molecule has 7 atom stereocenters. The van der Waals surface area contributed by atoms with Crippen LogP contribution in [0.3, 0.4) is 0 Å². The highest BCUT2D eigenvalue weighted by molar-refractivity contribution is 6.47. The van der Waals surface area contributed by atoms with Crippen molar-refractivity contribution in [2.24, 2.45) is 17.3 Å². The zero-order valence-electron chi connectivity index (χ0n) is 29.2. The van der Waals surface area contributed by atoms with Crippen molar-refractivity contribution in [3.05, 3.63) is 60.7 Å². The summed E-state index contributed by atoms with van der Waals surface area (Å²) in [6, 6.07) is 19.0. The Bertz CT molecular complexity index is 1690. The van der Waals surface area contributed by atoms with Crippen molar-refractivity contribution >= 4 is 30.0 Å². The highest BCUT2D eigenvalue weighted by Crippen LogP contribution is 2.65. The van der Waals surface area contributed by atoms with Crippen LogP contribution in [0.5, 0.6) is 5.75 Å². The molecular formula is C38H48BN3O6. The summed E-state index contributed by atoms with van der Waals surface area (Å²) in [5.41, 5.74) is 1.70. The highest BCUT2D eigenvalue weighted by Gasteiger charge is 2.68. The Labute approximate surface area is 284 Å². The van der Waals surface area contributed by atoms with E-state index in [4.69, 9.17) is 23.8 Å². The largest absolute Gasteiger partial charge is 0.488 e. The van der Waals surface area contributed by atoms with Gasteiger partial charge in [-0.05, 0) is 76.3 Å². The van der Waals surface area contributed by atoms with Gasteiger partial charge in [0.15, 0.2) is 0 Å². The van der Waals surface area contributed by atoms with Gasteiger partial charge in [0.05, 0.1) is 35.4 Å². The average molecular weight is 654 g/mol. The lowest BCUT2D eigenvalue weighted by atomic mass is 9.43. The van der Waals surface area contributed by atoms with Gasteiger partial charge in [-0.1, -0.05) is 63.2 Å². The number of nitrogens with one attached hydrogen (secondary N) is 1. The standard InChI is InChI=1S/C38H48BN3O6/c1-8-33(39-47-32-19-24-18-31(37(24,5)6)38(32,7)48-39)41-34(43)29-20-25(22-42(29)35(44)46-36(2,3)4)45-30-21-28(23-14-10-9-11-15-23)40-27-17-13-12-16-26(27)30/h9-17,21,24-25,29,31-33H,8,18-20,22H2,1-7H3,(H,41,43). The third-order valence-corrected chi connectivity index (χ3v) is 11.3. The molecule has 2 bridgehead atoms. The summed E-state index contributed by atoms with van der Waals surface area (Å²) in [5, 5.41) is 4.08. The van der Waals surface area contributed by atoms with Crippen LogP contribution in [0.25, 0.3) is 22.2 Å². The fraction of sp³-hybridized carbons (Fsp3) is 0.553. The lowest BCUT2D eigenvalue weighted by molar-refractivity contribution is -0.199. The molecule has 48 heavy (non-hydrogen) atoms. The molecule has 3 saturated carbocycles. The number of rotatable bonds is 7. The first-order valence-electron chi connectivity index (χ1n) is 17.5. The van der Waals surface area contributed by atoms with Gasteiger partial charge in [0.2, 0.25) is 5.91 Å². The maximum atomic E-state index is 14.1. The van der Waals surface area contributed by atoms with Gasteiger partial charge in [0.1, 0.15) is 23.5 Å². The molecule has 0 spiro atoms. The number of para-hydroxylation sites is 1. The number of carbonyl (C=O) groups is 2. The predicted octanol–water partition coefficient (Wildman–Crippen LogP) is 6.82. The van der Waals surface area contributed by atoms with E-state index in [2.05, 4.69) is 26.1 Å². The molecule has 2 amide bonds. The van der Waals surface area contributed by atoms with E-state index in [1.165, 1.54) is 4.90 Å². The second-order valence-electron chi connectivity index (χ2n) is 15.9. The van der Waals surface area contributed by atoms with E-state index in [0.717, 1.165) is 35.0 Å². The molecule has 3 heterocycles. The van der Waals surface area contributed by atoms with Crippen LogP contribution in [0.4, 0.5) is 4.79 Å². The Balaban J connectivity index is 1.12. The molecule has 2 aliphatic heterocycles. The fourth-order valence-electron chi connectivity index (χ4n) is 8.54. The molecule has 10 heteroatoms. The first-order valence-corrected chi connectivity index (χ1v) is 17.5. The Hall–Kier alpha value is -3.63. The van der Waals surface area contributed by atoms with Gasteiger partial charge in [-0.25, -0.2) is 9.78 Å². The number of hydrogen-bond donors (Lipinski definition) is 1. The third-order valence-electron chi connectivity index (χ3n) is 11.3. The van der Waals surface area contributed by atoms with Gasteiger partial charge in [-0.2, -0.15) is 0 Å². The van der Waals surface area contributed by atoms with Gasteiger partial charge < -0.3 is 24.1 Å². The van der Waals surface area contributed by atoms with Crippen molar-refractivity contribution in [3.63, 3.8) is 0 Å². The molecule has 2 aromatic carbocycles. The number of amides is 2. The molecule has 8 rings (SSSR count). The van der Waals surface area contributed by atoms with Gasteiger partial charge in [0, 0.05) is 23.4 Å². The van der Waals surface area contributed by atoms with Crippen LogP contribution in [0.15, 0.2) is 60.7 Å². The Kier molecular flexibility index (Phi) is 8.26. The zero-order valence-corrected chi connectivity index (χ0v) is 29.2. The van der Waals surface area contributed by atoms with E-state index < -0.39 is 31.0 Å². The Morgan fingerprint density at radius 1 is 1.06 bits per heavy atom. The fourth-order valence-corrected chi connectivity index (χ4v) is 8.54. The van der Waals surface area contributed by atoms with Crippen LogP contribution in [-0.2, 0) is 18.8 Å². The number of fused-ring (bicyclic) bond motifs is 1. The van der Waals surface area contributed by atoms with Crippen LogP contribution in [-0.4, -0.2) is 70.9 Å². The van der Waals surface area contributed by atoms with Crippen LogP contribution < -0.4 is 10.1 Å². The number of benzene rings is 2. The van der Waals surface area contributed by atoms with E-state index in [0.29, 0.717) is 30.4 Å². The number of ether oxygens (including phenoxy) is 2. The third kappa shape index (κ3) is 5.85. The normalized spacial score (nSPS) is 29.6. The minimum atomic E-state index is -0.786. The molecule has 3 aliphatic carbocycles.